The van der Waals surface area contributed by atoms with Gasteiger partial charge in [0.2, 0.25) is 5.95 Å². The molecule has 0 amide bonds. The van der Waals surface area contributed by atoms with E-state index >= 15 is 0 Å². The quantitative estimate of drug-likeness (QED) is 0.167. The van der Waals surface area contributed by atoms with Crippen LogP contribution in [-0.2, 0) is 0 Å². The Balaban J connectivity index is 1.07. The second-order valence-corrected chi connectivity index (χ2v) is 17.2. The monoisotopic (exact) mass is 820 g/mol. The molecule has 0 aliphatic rings. The van der Waals surface area contributed by atoms with Crippen molar-refractivity contribution >= 4 is 75.9 Å². The largest absolute Gasteiger partial charge is 0.309 e. The Hall–Kier alpha value is -8.12. The van der Waals surface area contributed by atoms with E-state index in [2.05, 4.69) is 228 Å². The van der Waals surface area contributed by atoms with E-state index in [1.807, 2.05) is 0 Å². The van der Waals surface area contributed by atoms with E-state index in [1.54, 1.807) is 11.3 Å². The number of fused-ring (bicyclic) bond motifs is 9. The molecule has 0 aliphatic carbocycles. The average Bonchev–Trinajstić information content (AvgIpc) is 4.05. The number of hydrogen-bond donors (Lipinski definition) is 0. The lowest BCUT2D eigenvalue weighted by molar-refractivity contribution is 1.02. The van der Waals surface area contributed by atoms with Gasteiger partial charge in [-0.25, -0.2) is 9.97 Å². The Morgan fingerprint density at radius 3 is 1.81 bits per heavy atom. The topological polar surface area (TPSA) is 35.6 Å². The molecule has 5 heteroatoms. The van der Waals surface area contributed by atoms with Gasteiger partial charge in [0.15, 0.2) is 0 Å². The summed E-state index contributed by atoms with van der Waals surface area (Å²) in [6.45, 7) is 0. The van der Waals surface area contributed by atoms with E-state index in [-0.39, 0.29) is 0 Å². The van der Waals surface area contributed by atoms with Gasteiger partial charge in [-0.2, -0.15) is 0 Å². The lowest BCUT2D eigenvalue weighted by Crippen LogP contribution is -2.02. The minimum absolute atomic E-state index is 0.649. The molecule has 0 saturated carbocycles. The third kappa shape index (κ3) is 5.67. The molecule has 0 radical (unpaired) electrons. The van der Waals surface area contributed by atoms with Crippen LogP contribution >= 0.6 is 11.3 Å². The molecule has 13 rings (SSSR count). The van der Waals surface area contributed by atoms with Gasteiger partial charge < -0.3 is 4.57 Å². The first kappa shape index (κ1) is 35.6. The van der Waals surface area contributed by atoms with Crippen molar-refractivity contribution in [2.75, 3.05) is 0 Å². The SMILES string of the molecule is c1ccc(-c2ccc(-c3nc(-n4c5ccc(-c6cccc7c8ccccc8n(-c8ccccc8)c67)cc5c5c6ccccc6ccc54)nc4cc(-c5ccccc5)sc34)cc2)cc1. The fraction of sp³-hybridized carbons (Fsp3) is 0. The predicted molar refractivity (Wildman–Crippen MR) is 265 cm³/mol. The summed E-state index contributed by atoms with van der Waals surface area (Å²) in [5, 5.41) is 7.22. The third-order valence-corrected chi connectivity index (χ3v) is 13.7. The van der Waals surface area contributed by atoms with Crippen molar-refractivity contribution < 1.29 is 0 Å². The summed E-state index contributed by atoms with van der Waals surface area (Å²) in [5.74, 6) is 0.649. The molecule has 9 aromatic carbocycles. The first-order valence-corrected chi connectivity index (χ1v) is 22.1. The summed E-state index contributed by atoms with van der Waals surface area (Å²) in [4.78, 5) is 12.2. The van der Waals surface area contributed by atoms with E-state index in [0.29, 0.717) is 5.95 Å². The Labute approximate surface area is 367 Å². The highest BCUT2D eigenvalue weighted by Gasteiger charge is 2.22. The van der Waals surface area contributed by atoms with E-state index in [0.717, 1.165) is 49.1 Å². The summed E-state index contributed by atoms with van der Waals surface area (Å²) in [6, 6.07) is 78.5. The highest BCUT2D eigenvalue weighted by Crippen LogP contribution is 2.44. The molecule has 0 saturated heterocycles. The van der Waals surface area contributed by atoms with Gasteiger partial charge in [-0.05, 0) is 75.5 Å². The number of benzene rings is 9. The first-order valence-electron chi connectivity index (χ1n) is 21.3. The van der Waals surface area contributed by atoms with Crippen LogP contribution in [0, 0.1) is 0 Å². The molecule has 0 N–H and O–H groups in total. The molecule has 0 atom stereocenters. The second kappa shape index (κ2) is 14.2. The number of aromatic nitrogens is 4. The summed E-state index contributed by atoms with van der Waals surface area (Å²) in [5.41, 5.74) is 14.4. The Kier molecular flexibility index (Phi) is 8.05. The van der Waals surface area contributed by atoms with Gasteiger partial charge in [-0.1, -0.05) is 176 Å². The molecule has 13 aromatic rings. The molecule has 4 heterocycles. The standard InChI is InChI=1S/C58H36N4S/c1-4-15-37(16-5-1)38-27-29-41(30-28-38)55-57-49(36-53(63-57)40-18-6-2-7-19-40)59-58(60-55)62-51-33-32-42(35-48(51)54-44-22-11-10-17-39(44)31-34-52(54)62)45-24-14-25-47-46-23-12-13-26-50(46)61(56(45)47)43-20-8-3-9-21-43/h1-36H. The fourth-order valence-electron chi connectivity index (χ4n) is 9.68. The maximum Gasteiger partial charge on any atom is 0.235 e. The molecular weight excluding hydrogens is 785 g/mol. The number of para-hydroxylation sites is 3. The molecule has 0 bridgehead atoms. The van der Waals surface area contributed by atoms with Crippen LogP contribution in [0.3, 0.4) is 0 Å². The minimum Gasteiger partial charge on any atom is -0.309 e. The Morgan fingerprint density at radius 2 is 1.00 bits per heavy atom. The van der Waals surface area contributed by atoms with Crippen LogP contribution < -0.4 is 0 Å². The smallest absolute Gasteiger partial charge is 0.235 e. The third-order valence-electron chi connectivity index (χ3n) is 12.6. The summed E-state index contributed by atoms with van der Waals surface area (Å²) >= 11 is 1.75. The second-order valence-electron chi connectivity index (χ2n) is 16.1. The molecule has 0 aliphatic heterocycles. The lowest BCUT2D eigenvalue weighted by Gasteiger charge is -2.12. The Morgan fingerprint density at radius 1 is 0.381 bits per heavy atom. The highest BCUT2D eigenvalue weighted by molar-refractivity contribution is 7.22. The van der Waals surface area contributed by atoms with Crippen LogP contribution in [0.15, 0.2) is 218 Å². The van der Waals surface area contributed by atoms with Crippen molar-refractivity contribution in [3.8, 4) is 55.6 Å². The summed E-state index contributed by atoms with van der Waals surface area (Å²) in [6.07, 6.45) is 0. The van der Waals surface area contributed by atoms with Gasteiger partial charge in [0.05, 0.1) is 38.0 Å². The number of rotatable bonds is 6. The molecular formula is C58H36N4S. The van der Waals surface area contributed by atoms with E-state index in [4.69, 9.17) is 9.97 Å². The van der Waals surface area contributed by atoms with Crippen molar-refractivity contribution in [2.45, 2.75) is 0 Å². The number of nitrogens with zero attached hydrogens (tertiary/aromatic N) is 4. The van der Waals surface area contributed by atoms with Crippen LogP contribution in [0.1, 0.15) is 0 Å². The number of hydrogen-bond acceptors (Lipinski definition) is 3. The highest BCUT2D eigenvalue weighted by atomic mass is 32.1. The molecule has 4 nitrogen and oxygen atoms in total. The summed E-state index contributed by atoms with van der Waals surface area (Å²) in [7, 11) is 0. The minimum atomic E-state index is 0.649. The zero-order valence-corrected chi connectivity index (χ0v) is 34.8. The molecule has 4 aromatic heterocycles. The zero-order chi connectivity index (χ0) is 41.4. The van der Waals surface area contributed by atoms with E-state index in [9.17, 15) is 0 Å². The first-order chi connectivity index (χ1) is 31.2. The van der Waals surface area contributed by atoms with Crippen LogP contribution in [0.25, 0.3) is 120 Å². The van der Waals surface area contributed by atoms with Crippen LogP contribution in [-0.4, -0.2) is 19.1 Å². The normalized spacial score (nSPS) is 11.8. The van der Waals surface area contributed by atoms with Crippen molar-refractivity contribution in [3.05, 3.63) is 218 Å². The van der Waals surface area contributed by atoms with Crippen molar-refractivity contribution in [1.82, 2.24) is 19.1 Å². The van der Waals surface area contributed by atoms with Gasteiger partial charge >= 0.3 is 0 Å². The predicted octanol–water partition coefficient (Wildman–Crippen LogP) is 15.7. The van der Waals surface area contributed by atoms with Crippen molar-refractivity contribution in [2.24, 2.45) is 0 Å². The molecule has 0 fully saturated rings. The maximum absolute atomic E-state index is 5.55. The van der Waals surface area contributed by atoms with Crippen LogP contribution in [0.5, 0.6) is 0 Å². The molecule has 0 unspecified atom stereocenters. The van der Waals surface area contributed by atoms with Gasteiger partial charge in [0.1, 0.15) is 0 Å². The number of thiophene rings is 1. The lowest BCUT2D eigenvalue weighted by atomic mass is 9.98. The van der Waals surface area contributed by atoms with Crippen molar-refractivity contribution in [3.63, 3.8) is 0 Å². The van der Waals surface area contributed by atoms with Gasteiger partial charge in [-0.3, -0.25) is 4.57 Å². The van der Waals surface area contributed by atoms with Crippen LogP contribution in [0.2, 0.25) is 0 Å². The summed E-state index contributed by atoms with van der Waals surface area (Å²) < 4.78 is 5.77. The van der Waals surface area contributed by atoms with E-state index < -0.39 is 0 Å². The van der Waals surface area contributed by atoms with Crippen molar-refractivity contribution in [1.29, 1.82) is 0 Å². The van der Waals surface area contributed by atoms with Gasteiger partial charge in [-0.15, -0.1) is 11.3 Å². The van der Waals surface area contributed by atoms with E-state index in [1.165, 1.54) is 65.1 Å². The maximum atomic E-state index is 5.55. The molecule has 294 valence electrons. The average molecular weight is 821 g/mol. The fourth-order valence-corrected chi connectivity index (χ4v) is 10.8. The Bertz CT molecular complexity index is 3880. The molecule has 63 heavy (non-hydrogen) atoms. The zero-order valence-electron chi connectivity index (χ0n) is 34.0. The molecule has 0 spiro atoms. The van der Waals surface area contributed by atoms with Gasteiger partial charge in [0, 0.05) is 43.2 Å². The van der Waals surface area contributed by atoms with Gasteiger partial charge in [0.25, 0.3) is 0 Å². The van der Waals surface area contributed by atoms with Crippen LogP contribution in [0.4, 0.5) is 0 Å².